The lowest BCUT2D eigenvalue weighted by Crippen LogP contribution is -2.10. The van der Waals surface area contributed by atoms with Crippen molar-refractivity contribution in [3.63, 3.8) is 0 Å². The van der Waals surface area contributed by atoms with Gasteiger partial charge in [0, 0.05) is 11.5 Å². The second kappa shape index (κ2) is 9.42. The minimum atomic E-state index is 0.178. The van der Waals surface area contributed by atoms with E-state index in [0.29, 0.717) is 13.1 Å². The normalized spacial score (nSPS) is 11.2. The van der Waals surface area contributed by atoms with E-state index in [-0.39, 0.29) is 10.8 Å². The highest BCUT2D eigenvalue weighted by molar-refractivity contribution is 5.28. The van der Waals surface area contributed by atoms with E-state index < -0.39 is 0 Å². The van der Waals surface area contributed by atoms with Crippen molar-refractivity contribution in [1.82, 2.24) is 0 Å². The SMILES string of the molecule is CC(C)(C)c1ccc(CN)cc1.CC(C)(C)c1ccc(CN=[N+]=[N-])cc1. The molecule has 4 nitrogen and oxygen atoms in total. The third kappa shape index (κ3) is 7.30. The molecule has 0 radical (unpaired) electrons. The Morgan fingerprint density at radius 1 is 0.769 bits per heavy atom. The predicted molar refractivity (Wildman–Crippen MR) is 111 cm³/mol. The number of rotatable bonds is 3. The van der Waals surface area contributed by atoms with Crippen molar-refractivity contribution in [2.24, 2.45) is 10.8 Å². The van der Waals surface area contributed by atoms with Crippen LogP contribution in [0.3, 0.4) is 0 Å². The fourth-order valence-corrected chi connectivity index (χ4v) is 2.36. The van der Waals surface area contributed by atoms with Crippen LogP contribution in [0.5, 0.6) is 0 Å². The van der Waals surface area contributed by atoms with Gasteiger partial charge in [-0.25, -0.2) is 0 Å². The Morgan fingerprint density at radius 3 is 1.46 bits per heavy atom. The molecular weight excluding hydrogens is 320 g/mol. The van der Waals surface area contributed by atoms with Crippen molar-refractivity contribution in [3.8, 4) is 0 Å². The first-order chi connectivity index (χ1) is 12.1. The lowest BCUT2D eigenvalue weighted by molar-refractivity contribution is 0.589. The van der Waals surface area contributed by atoms with Gasteiger partial charge in [0.05, 0.1) is 6.54 Å². The summed E-state index contributed by atoms with van der Waals surface area (Å²) >= 11 is 0. The van der Waals surface area contributed by atoms with E-state index in [2.05, 4.69) is 88.0 Å². The van der Waals surface area contributed by atoms with Crippen molar-refractivity contribution in [3.05, 3.63) is 81.2 Å². The zero-order valence-electron chi connectivity index (χ0n) is 17.0. The zero-order valence-corrected chi connectivity index (χ0v) is 17.0. The molecule has 0 aliphatic heterocycles. The molecule has 2 N–H and O–H groups in total. The summed E-state index contributed by atoms with van der Waals surface area (Å²) in [6, 6.07) is 16.7. The van der Waals surface area contributed by atoms with Gasteiger partial charge in [-0.2, -0.15) is 0 Å². The third-order valence-electron chi connectivity index (χ3n) is 4.19. The molecule has 0 bridgehead atoms. The Labute approximate surface area is 158 Å². The molecule has 0 aromatic heterocycles. The van der Waals surface area contributed by atoms with Crippen LogP contribution in [-0.4, -0.2) is 0 Å². The summed E-state index contributed by atoms with van der Waals surface area (Å²) in [7, 11) is 0. The van der Waals surface area contributed by atoms with E-state index in [9.17, 15) is 0 Å². The highest BCUT2D eigenvalue weighted by Crippen LogP contribution is 2.22. The number of benzene rings is 2. The van der Waals surface area contributed by atoms with Gasteiger partial charge in [-0.05, 0) is 38.6 Å². The summed E-state index contributed by atoms with van der Waals surface area (Å²) in [4.78, 5) is 2.73. The van der Waals surface area contributed by atoms with Crippen LogP contribution in [0.1, 0.15) is 63.8 Å². The number of hydrogen-bond acceptors (Lipinski definition) is 2. The molecule has 0 fully saturated rings. The first-order valence-corrected chi connectivity index (χ1v) is 8.97. The summed E-state index contributed by atoms with van der Waals surface area (Å²) in [5.41, 5.74) is 19.0. The number of azide groups is 1. The molecule has 2 aromatic rings. The average molecular weight is 353 g/mol. The van der Waals surface area contributed by atoms with Crippen molar-refractivity contribution in [2.45, 2.75) is 65.5 Å². The van der Waals surface area contributed by atoms with Crippen LogP contribution in [0.15, 0.2) is 53.6 Å². The van der Waals surface area contributed by atoms with E-state index in [1.54, 1.807) is 0 Å². The minimum absolute atomic E-state index is 0.178. The molecule has 2 rings (SSSR count). The topological polar surface area (TPSA) is 74.8 Å². The Hall–Kier alpha value is -2.29. The van der Waals surface area contributed by atoms with E-state index >= 15 is 0 Å². The number of nitrogens with zero attached hydrogens (tertiary/aromatic N) is 3. The fourth-order valence-electron chi connectivity index (χ4n) is 2.36. The van der Waals surface area contributed by atoms with Crippen LogP contribution in [0.4, 0.5) is 0 Å². The molecule has 0 amide bonds. The van der Waals surface area contributed by atoms with E-state index in [4.69, 9.17) is 11.3 Å². The molecule has 0 spiro atoms. The zero-order chi connectivity index (χ0) is 19.8. The highest BCUT2D eigenvalue weighted by atomic mass is 15.1. The maximum absolute atomic E-state index is 8.17. The maximum Gasteiger partial charge on any atom is 0.0510 e. The molecular formula is C22H32N4. The third-order valence-corrected chi connectivity index (χ3v) is 4.19. The van der Waals surface area contributed by atoms with Gasteiger partial charge in [-0.3, -0.25) is 0 Å². The molecule has 0 aliphatic carbocycles. The summed E-state index contributed by atoms with van der Waals surface area (Å²) < 4.78 is 0. The van der Waals surface area contributed by atoms with Crippen molar-refractivity contribution < 1.29 is 0 Å². The summed E-state index contributed by atoms with van der Waals surface area (Å²) in [6.07, 6.45) is 0. The van der Waals surface area contributed by atoms with E-state index in [0.717, 1.165) is 5.56 Å². The molecule has 0 saturated carbocycles. The predicted octanol–water partition coefficient (Wildman–Crippen LogP) is 6.24. The molecule has 0 unspecified atom stereocenters. The van der Waals surface area contributed by atoms with Crippen molar-refractivity contribution in [1.29, 1.82) is 0 Å². The van der Waals surface area contributed by atoms with Gasteiger partial charge in [0.25, 0.3) is 0 Å². The number of nitrogens with two attached hydrogens (primary N) is 1. The average Bonchev–Trinajstić information content (AvgIpc) is 2.59. The Kier molecular flexibility index (Phi) is 7.88. The van der Waals surface area contributed by atoms with Gasteiger partial charge in [-0.15, -0.1) is 0 Å². The van der Waals surface area contributed by atoms with Crippen LogP contribution in [-0.2, 0) is 23.9 Å². The van der Waals surface area contributed by atoms with Crippen LogP contribution < -0.4 is 5.73 Å². The molecule has 0 heterocycles. The molecule has 4 heteroatoms. The van der Waals surface area contributed by atoms with Gasteiger partial charge in [0.1, 0.15) is 0 Å². The summed E-state index contributed by atoms with van der Waals surface area (Å²) in [5, 5.41) is 3.51. The van der Waals surface area contributed by atoms with Crippen LogP contribution >= 0.6 is 0 Å². The Bertz CT molecular complexity index is 711. The first-order valence-electron chi connectivity index (χ1n) is 8.97. The second-order valence-corrected chi connectivity index (χ2v) is 8.49. The lowest BCUT2D eigenvalue weighted by atomic mass is 9.87. The van der Waals surface area contributed by atoms with E-state index in [1.807, 2.05) is 12.1 Å². The van der Waals surface area contributed by atoms with Crippen LogP contribution in [0.2, 0.25) is 0 Å². The quantitative estimate of drug-likeness (QED) is 0.396. The number of hydrogen-bond donors (Lipinski definition) is 1. The second-order valence-electron chi connectivity index (χ2n) is 8.49. The summed E-state index contributed by atoms with van der Waals surface area (Å²) in [6.45, 7) is 14.2. The van der Waals surface area contributed by atoms with E-state index in [1.165, 1.54) is 16.7 Å². The van der Waals surface area contributed by atoms with Gasteiger partial charge in [0.2, 0.25) is 0 Å². The molecule has 0 aliphatic rings. The molecule has 0 atom stereocenters. The van der Waals surface area contributed by atoms with Crippen LogP contribution in [0, 0.1) is 0 Å². The first kappa shape index (κ1) is 21.8. The van der Waals surface area contributed by atoms with Gasteiger partial charge < -0.3 is 5.73 Å². The van der Waals surface area contributed by atoms with Crippen LogP contribution in [0.25, 0.3) is 10.4 Å². The minimum Gasteiger partial charge on any atom is -0.326 e. The standard InChI is InChI=1S/C11H15N3.C11H17N/c1-11(2,3)10-6-4-9(5-7-10)8-13-14-12;1-11(2,3)10-6-4-9(8-12)5-7-10/h4-7H,8H2,1-3H3;4-7H,8,12H2,1-3H3. The van der Waals surface area contributed by atoms with Gasteiger partial charge in [-0.1, -0.05) is 95.2 Å². The maximum atomic E-state index is 8.17. The smallest absolute Gasteiger partial charge is 0.0510 e. The van der Waals surface area contributed by atoms with Crippen molar-refractivity contribution in [2.75, 3.05) is 0 Å². The molecule has 0 saturated heterocycles. The Balaban J connectivity index is 0.000000263. The fraction of sp³-hybridized carbons (Fsp3) is 0.455. The van der Waals surface area contributed by atoms with Gasteiger partial charge >= 0.3 is 0 Å². The molecule has 2 aromatic carbocycles. The molecule has 26 heavy (non-hydrogen) atoms. The summed E-state index contributed by atoms with van der Waals surface area (Å²) in [5.74, 6) is 0. The largest absolute Gasteiger partial charge is 0.326 e. The van der Waals surface area contributed by atoms with Gasteiger partial charge in [0.15, 0.2) is 0 Å². The lowest BCUT2D eigenvalue weighted by Gasteiger charge is -2.18. The monoisotopic (exact) mass is 352 g/mol. The Morgan fingerprint density at radius 2 is 1.15 bits per heavy atom. The molecule has 140 valence electrons. The van der Waals surface area contributed by atoms with Crippen molar-refractivity contribution >= 4 is 0 Å². The highest BCUT2D eigenvalue weighted by Gasteiger charge is 2.13.